The van der Waals surface area contributed by atoms with Gasteiger partial charge in [-0.3, -0.25) is 0 Å². The lowest BCUT2D eigenvalue weighted by Gasteiger charge is -2.19. The highest BCUT2D eigenvalue weighted by molar-refractivity contribution is 5.56. The van der Waals surface area contributed by atoms with Crippen molar-refractivity contribution in [2.75, 3.05) is 24.5 Å². The summed E-state index contributed by atoms with van der Waals surface area (Å²) in [4.78, 5) is 7.29. The number of hydrogen-bond acceptors (Lipinski definition) is 3. The second-order valence-electron chi connectivity index (χ2n) is 6.09. The number of hydrogen-bond donors (Lipinski definition) is 1. The first-order valence-corrected chi connectivity index (χ1v) is 7.61. The van der Waals surface area contributed by atoms with E-state index >= 15 is 0 Å². The molecule has 3 heterocycles. The molecule has 4 heteroatoms. The molecular formula is C16H24N4. The van der Waals surface area contributed by atoms with Gasteiger partial charge in [0.1, 0.15) is 5.65 Å². The van der Waals surface area contributed by atoms with E-state index in [1.807, 2.05) is 6.07 Å². The van der Waals surface area contributed by atoms with Gasteiger partial charge in [-0.1, -0.05) is 19.9 Å². The summed E-state index contributed by atoms with van der Waals surface area (Å²) in [6, 6.07) is 6.16. The molecule has 0 aromatic carbocycles. The summed E-state index contributed by atoms with van der Waals surface area (Å²) < 4.78 is 2.19. The number of fused-ring (bicyclic) bond motifs is 1. The number of rotatable bonds is 4. The first kappa shape index (κ1) is 13.4. The molecule has 2 aromatic heterocycles. The average Bonchev–Trinajstić information content (AvgIpc) is 3.04. The fourth-order valence-corrected chi connectivity index (χ4v) is 3.18. The zero-order chi connectivity index (χ0) is 14.1. The van der Waals surface area contributed by atoms with Crippen LogP contribution in [0.1, 0.15) is 26.0 Å². The van der Waals surface area contributed by atoms with E-state index < -0.39 is 0 Å². The predicted molar refractivity (Wildman–Crippen MR) is 83.1 cm³/mol. The molecule has 1 aliphatic rings. The van der Waals surface area contributed by atoms with E-state index in [0.29, 0.717) is 6.54 Å². The maximum Gasteiger partial charge on any atom is 0.151 e. The summed E-state index contributed by atoms with van der Waals surface area (Å²) in [7, 11) is 0. The van der Waals surface area contributed by atoms with Crippen LogP contribution in [0, 0.1) is 11.8 Å². The van der Waals surface area contributed by atoms with Crippen LogP contribution in [0.4, 0.5) is 5.82 Å². The van der Waals surface area contributed by atoms with Gasteiger partial charge < -0.3 is 15.0 Å². The minimum Gasteiger partial charge on any atom is -0.355 e. The van der Waals surface area contributed by atoms with E-state index in [2.05, 4.69) is 41.5 Å². The Labute approximate surface area is 120 Å². The van der Waals surface area contributed by atoms with Crippen LogP contribution in [-0.2, 0) is 6.42 Å². The molecule has 1 atom stereocenters. The number of pyridine rings is 1. The molecular weight excluding hydrogens is 248 g/mol. The van der Waals surface area contributed by atoms with Gasteiger partial charge in [-0.05, 0) is 36.9 Å². The molecule has 1 fully saturated rings. The Balaban J connectivity index is 1.96. The molecule has 1 saturated heterocycles. The Morgan fingerprint density at radius 2 is 2.25 bits per heavy atom. The molecule has 3 rings (SSSR count). The van der Waals surface area contributed by atoms with Crippen molar-refractivity contribution in [3.05, 3.63) is 30.1 Å². The predicted octanol–water partition coefficient (Wildman–Crippen LogP) is 2.32. The number of imidazole rings is 1. The summed E-state index contributed by atoms with van der Waals surface area (Å²) in [5, 5.41) is 0. The zero-order valence-corrected chi connectivity index (χ0v) is 12.4. The third-order valence-electron chi connectivity index (χ3n) is 4.46. The molecule has 108 valence electrons. The summed E-state index contributed by atoms with van der Waals surface area (Å²) in [6.07, 6.45) is 4.24. The lowest BCUT2D eigenvalue weighted by atomic mass is 9.95. The SMILES string of the molecule is CC(C)C1CCN(c2nc3ccccn3c2CCN)C1. The van der Waals surface area contributed by atoms with Gasteiger partial charge in [0.15, 0.2) is 5.82 Å². The Hall–Kier alpha value is -1.55. The van der Waals surface area contributed by atoms with Gasteiger partial charge in [0, 0.05) is 25.7 Å². The van der Waals surface area contributed by atoms with Crippen LogP contribution < -0.4 is 10.6 Å². The van der Waals surface area contributed by atoms with Gasteiger partial charge in [0.25, 0.3) is 0 Å². The molecule has 1 aliphatic heterocycles. The van der Waals surface area contributed by atoms with Crippen LogP contribution in [0.25, 0.3) is 5.65 Å². The molecule has 0 radical (unpaired) electrons. The summed E-state index contributed by atoms with van der Waals surface area (Å²) in [5.41, 5.74) is 8.08. The minimum absolute atomic E-state index is 0.664. The first-order valence-electron chi connectivity index (χ1n) is 7.61. The largest absolute Gasteiger partial charge is 0.355 e. The third kappa shape index (κ3) is 2.29. The molecule has 4 nitrogen and oxygen atoms in total. The lowest BCUT2D eigenvalue weighted by molar-refractivity contribution is 0.422. The summed E-state index contributed by atoms with van der Waals surface area (Å²) >= 11 is 0. The first-order chi connectivity index (χ1) is 9.70. The molecule has 0 spiro atoms. The van der Waals surface area contributed by atoms with Crippen molar-refractivity contribution < 1.29 is 0 Å². The summed E-state index contributed by atoms with van der Waals surface area (Å²) in [6.45, 7) is 7.54. The van der Waals surface area contributed by atoms with Crippen molar-refractivity contribution in [1.29, 1.82) is 0 Å². The Bertz CT molecular complexity index is 587. The van der Waals surface area contributed by atoms with Gasteiger partial charge in [-0.2, -0.15) is 0 Å². The topological polar surface area (TPSA) is 46.6 Å². The van der Waals surface area contributed by atoms with Gasteiger partial charge in [-0.25, -0.2) is 4.98 Å². The zero-order valence-electron chi connectivity index (χ0n) is 12.4. The molecule has 0 bridgehead atoms. The second-order valence-corrected chi connectivity index (χ2v) is 6.09. The van der Waals surface area contributed by atoms with E-state index in [9.17, 15) is 0 Å². The lowest BCUT2D eigenvalue weighted by Crippen LogP contribution is -2.23. The standard InChI is InChI=1S/C16H24N4/c1-12(2)13-7-10-19(11-13)16-14(6-8-17)20-9-4-3-5-15(20)18-16/h3-5,9,12-13H,6-8,10-11,17H2,1-2H3. The second kappa shape index (κ2) is 5.44. The van der Waals surface area contributed by atoms with Gasteiger partial charge in [0.2, 0.25) is 0 Å². The Morgan fingerprint density at radius 3 is 2.95 bits per heavy atom. The van der Waals surface area contributed by atoms with Crippen LogP contribution in [0.5, 0.6) is 0 Å². The fourth-order valence-electron chi connectivity index (χ4n) is 3.18. The van der Waals surface area contributed by atoms with E-state index in [1.54, 1.807) is 0 Å². The van der Waals surface area contributed by atoms with E-state index in [0.717, 1.165) is 42.8 Å². The van der Waals surface area contributed by atoms with Crippen LogP contribution in [0.2, 0.25) is 0 Å². The number of anilines is 1. The smallest absolute Gasteiger partial charge is 0.151 e. The Kier molecular flexibility index (Phi) is 3.66. The van der Waals surface area contributed by atoms with Crippen LogP contribution in [0.3, 0.4) is 0 Å². The van der Waals surface area contributed by atoms with Crippen LogP contribution in [-0.4, -0.2) is 29.0 Å². The quantitative estimate of drug-likeness (QED) is 0.929. The molecule has 20 heavy (non-hydrogen) atoms. The third-order valence-corrected chi connectivity index (χ3v) is 4.46. The normalized spacial score (nSPS) is 19.4. The van der Waals surface area contributed by atoms with Gasteiger partial charge >= 0.3 is 0 Å². The van der Waals surface area contributed by atoms with Crippen molar-refractivity contribution in [3.63, 3.8) is 0 Å². The van der Waals surface area contributed by atoms with Crippen molar-refractivity contribution in [1.82, 2.24) is 9.38 Å². The highest BCUT2D eigenvalue weighted by atomic mass is 15.2. The Morgan fingerprint density at radius 1 is 1.40 bits per heavy atom. The van der Waals surface area contributed by atoms with Gasteiger partial charge in [0.05, 0.1) is 5.69 Å². The highest BCUT2D eigenvalue weighted by Gasteiger charge is 2.28. The average molecular weight is 272 g/mol. The molecule has 2 aromatic rings. The van der Waals surface area contributed by atoms with Crippen LogP contribution in [0.15, 0.2) is 24.4 Å². The van der Waals surface area contributed by atoms with Crippen molar-refractivity contribution >= 4 is 11.5 Å². The number of nitrogens with zero attached hydrogens (tertiary/aromatic N) is 3. The molecule has 1 unspecified atom stereocenters. The number of aromatic nitrogens is 2. The maximum atomic E-state index is 5.79. The number of nitrogens with two attached hydrogens (primary N) is 1. The van der Waals surface area contributed by atoms with Crippen molar-refractivity contribution in [2.45, 2.75) is 26.7 Å². The molecule has 0 aliphatic carbocycles. The van der Waals surface area contributed by atoms with Gasteiger partial charge in [-0.15, -0.1) is 0 Å². The molecule has 0 amide bonds. The van der Waals surface area contributed by atoms with Crippen LogP contribution >= 0.6 is 0 Å². The van der Waals surface area contributed by atoms with E-state index in [1.165, 1.54) is 12.1 Å². The van der Waals surface area contributed by atoms with E-state index in [4.69, 9.17) is 10.7 Å². The highest BCUT2D eigenvalue weighted by Crippen LogP contribution is 2.30. The fraction of sp³-hybridized carbons (Fsp3) is 0.562. The van der Waals surface area contributed by atoms with Crippen molar-refractivity contribution in [2.24, 2.45) is 17.6 Å². The summed E-state index contributed by atoms with van der Waals surface area (Å²) in [5.74, 6) is 2.67. The minimum atomic E-state index is 0.664. The monoisotopic (exact) mass is 272 g/mol. The van der Waals surface area contributed by atoms with Crippen molar-refractivity contribution in [3.8, 4) is 0 Å². The molecule has 0 saturated carbocycles. The maximum absolute atomic E-state index is 5.79. The molecule has 2 N–H and O–H groups in total. The van der Waals surface area contributed by atoms with E-state index in [-0.39, 0.29) is 0 Å².